The average Bonchev–Trinajstić information content (AvgIpc) is 3.17. The Morgan fingerprint density at radius 3 is 1.38 bits per heavy atom. The van der Waals surface area contributed by atoms with Gasteiger partial charge in [0.1, 0.15) is 0 Å². The smallest absolute Gasteiger partial charge is 0.0616 e. The second-order valence-corrected chi connectivity index (χ2v) is 9.42. The minimum Gasteiger partial charge on any atom is -0.0616 e. The van der Waals surface area contributed by atoms with Crippen molar-refractivity contribution in [2.24, 2.45) is 0 Å². The molecule has 0 aromatic heterocycles. The van der Waals surface area contributed by atoms with Crippen molar-refractivity contribution in [2.75, 3.05) is 0 Å². The van der Waals surface area contributed by atoms with E-state index in [2.05, 4.69) is 0 Å². The van der Waals surface area contributed by atoms with Crippen molar-refractivity contribution in [3.05, 3.63) is 157 Å². The second kappa shape index (κ2) is 9.22. The van der Waals surface area contributed by atoms with Crippen molar-refractivity contribution in [1.82, 2.24) is 0 Å². The van der Waals surface area contributed by atoms with Crippen molar-refractivity contribution in [3.8, 4) is 33.4 Å². The van der Waals surface area contributed by atoms with E-state index in [-0.39, 0.29) is 56.8 Å². The van der Waals surface area contributed by atoms with Gasteiger partial charge in [0.05, 0.1) is 19.2 Å². The number of hydrogen-bond donors (Lipinski definition) is 0. The molecule has 186 valence electrons. The molecule has 0 aliphatic heterocycles. The highest BCUT2D eigenvalue weighted by atomic mass is 14.2. The fraction of sp³-hybridized carbons (Fsp3) is 0. The Morgan fingerprint density at radius 1 is 0.350 bits per heavy atom. The molecular weight excluding hydrogens is 480 g/mol. The SMILES string of the molecule is [2H]c1c([2H])c([2H])c2c([2H])c(-c3cccc(-c4c5ccccc5c(-c5c([2H])c([2H])c6c([2H])c([2H])c([2H])c([2H])c6c5[2H])c5ccccc45)c3)c([2H])c([2H])c2c1[2H]. The summed E-state index contributed by atoms with van der Waals surface area (Å²) in [5.41, 5.74) is 2.29. The summed E-state index contributed by atoms with van der Waals surface area (Å²) in [7, 11) is 0. The molecule has 0 aliphatic carbocycles. The Morgan fingerprint density at radius 2 is 0.800 bits per heavy atom. The molecule has 0 saturated heterocycles. The standard InChI is InChI=1S/C40H26/c1-3-12-29-24-32(22-20-27(29)10-1)31-14-9-15-33(26-31)39-35-16-5-7-18-37(35)40(38-19-8-6-17-36(38)39)34-23-21-28-11-2-4-13-30(28)25-34/h1-26H/i1D,2D,3D,4D,10D,11D,12D,13D,20D,21D,22D,23D,24D,25D. The predicted octanol–water partition coefficient (Wildman–Crippen LogP) is 11.3. The van der Waals surface area contributed by atoms with Crippen LogP contribution in [0.4, 0.5) is 0 Å². The summed E-state index contributed by atoms with van der Waals surface area (Å²) >= 11 is 0. The molecule has 0 atom stereocenters. The summed E-state index contributed by atoms with van der Waals surface area (Å²) in [6.07, 6.45) is 0. The zero-order chi connectivity index (χ0) is 38.7. The van der Waals surface area contributed by atoms with Crippen LogP contribution >= 0.6 is 0 Å². The van der Waals surface area contributed by atoms with Crippen LogP contribution in [-0.2, 0) is 0 Å². The van der Waals surface area contributed by atoms with Gasteiger partial charge in [-0.15, -0.1) is 0 Å². The topological polar surface area (TPSA) is 0 Å². The van der Waals surface area contributed by atoms with Crippen molar-refractivity contribution >= 4 is 43.1 Å². The molecule has 0 aliphatic rings. The fourth-order valence-electron chi connectivity index (χ4n) is 5.37. The van der Waals surface area contributed by atoms with Gasteiger partial charge in [0.15, 0.2) is 0 Å². The van der Waals surface area contributed by atoms with Crippen LogP contribution < -0.4 is 0 Å². The van der Waals surface area contributed by atoms with Crippen molar-refractivity contribution in [1.29, 1.82) is 0 Å². The lowest BCUT2D eigenvalue weighted by molar-refractivity contribution is 1.63. The van der Waals surface area contributed by atoms with E-state index in [0.717, 1.165) is 5.56 Å². The minimum atomic E-state index is -0.544. The summed E-state index contributed by atoms with van der Waals surface area (Å²) < 4.78 is 121. The molecule has 0 saturated carbocycles. The Hall–Kier alpha value is -5.20. The van der Waals surface area contributed by atoms with E-state index in [9.17, 15) is 1.37 Å². The third kappa shape index (κ3) is 3.69. The molecule has 8 aromatic rings. The largest absolute Gasteiger partial charge is 0.0636 e. The minimum absolute atomic E-state index is 0.0333. The van der Waals surface area contributed by atoms with Gasteiger partial charge in [-0.25, -0.2) is 0 Å². The zero-order valence-electron chi connectivity index (χ0n) is 34.9. The van der Waals surface area contributed by atoms with Crippen LogP contribution in [0.3, 0.4) is 0 Å². The highest BCUT2D eigenvalue weighted by Gasteiger charge is 2.17. The first kappa shape index (κ1) is 12.8. The van der Waals surface area contributed by atoms with Gasteiger partial charge < -0.3 is 0 Å². The highest BCUT2D eigenvalue weighted by Crippen LogP contribution is 2.44. The summed E-state index contributed by atoms with van der Waals surface area (Å²) in [4.78, 5) is 0. The van der Waals surface area contributed by atoms with Gasteiger partial charge >= 0.3 is 0 Å². The lowest BCUT2D eigenvalue weighted by Crippen LogP contribution is -1.91. The Bertz CT molecular complexity index is 2930. The quantitative estimate of drug-likeness (QED) is 0.203. The highest BCUT2D eigenvalue weighted by molar-refractivity contribution is 6.21. The van der Waals surface area contributed by atoms with Crippen LogP contribution in [0.15, 0.2) is 157 Å². The van der Waals surface area contributed by atoms with E-state index >= 15 is 0 Å². The van der Waals surface area contributed by atoms with Gasteiger partial charge in [0, 0.05) is 0 Å². The lowest BCUT2D eigenvalue weighted by Gasteiger charge is -2.18. The average molecular weight is 521 g/mol. The molecule has 0 heterocycles. The van der Waals surface area contributed by atoms with E-state index in [1.165, 1.54) is 0 Å². The van der Waals surface area contributed by atoms with Crippen molar-refractivity contribution in [3.63, 3.8) is 0 Å². The fourth-order valence-corrected chi connectivity index (χ4v) is 5.37. The van der Waals surface area contributed by atoms with E-state index in [1.807, 2.05) is 42.5 Å². The van der Waals surface area contributed by atoms with Crippen LogP contribution in [0.25, 0.3) is 76.5 Å². The molecule has 0 nitrogen and oxygen atoms in total. The van der Waals surface area contributed by atoms with Crippen LogP contribution in [0.5, 0.6) is 0 Å². The van der Waals surface area contributed by atoms with Crippen LogP contribution in [0.2, 0.25) is 0 Å². The van der Waals surface area contributed by atoms with Gasteiger partial charge in [-0.1, -0.05) is 139 Å². The number of rotatable bonds is 3. The molecule has 8 aromatic carbocycles. The Labute approximate surface area is 253 Å². The Balaban J connectivity index is 1.46. The maximum Gasteiger partial charge on any atom is 0.0636 e. The molecule has 0 spiro atoms. The van der Waals surface area contributed by atoms with Gasteiger partial charge in [0.25, 0.3) is 0 Å². The molecule has 40 heavy (non-hydrogen) atoms. The molecule has 0 bridgehead atoms. The zero-order valence-corrected chi connectivity index (χ0v) is 20.9. The van der Waals surface area contributed by atoms with Crippen LogP contribution in [0.1, 0.15) is 19.2 Å². The van der Waals surface area contributed by atoms with Crippen LogP contribution in [-0.4, -0.2) is 0 Å². The first-order valence-electron chi connectivity index (χ1n) is 19.7. The maximum absolute atomic E-state index is 9.33. The van der Waals surface area contributed by atoms with Gasteiger partial charge in [0.2, 0.25) is 0 Å². The van der Waals surface area contributed by atoms with E-state index in [0.29, 0.717) is 38.2 Å². The maximum atomic E-state index is 9.33. The normalized spacial score (nSPS) is 16.4. The summed E-state index contributed by atoms with van der Waals surface area (Å²) in [6, 6.07) is 15.5. The molecule has 0 radical (unpaired) electrons. The predicted molar refractivity (Wildman–Crippen MR) is 173 cm³/mol. The summed E-state index contributed by atoms with van der Waals surface area (Å²) in [5, 5.41) is 1.92. The summed E-state index contributed by atoms with van der Waals surface area (Å²) in [6.45, 7) is 0. The first-order chi connectivity index (χ1) is 25.7. The van der Waals surface area contributed by atoms with E-state index in [4.69, 9.17) is 17.8 Å². The molecule has 0 heteroatoms. The number of hydrogen-bond acceptors (Lipinski definition) is 0. The monoisotopic (exact) mass is 520 g/mol. The third-order valence-corrected chi connectivity index (χ3v) is 7.12. The van der Waals surface area contributed by atoms with Crippen molar-refractivity contribution < 1.29 is 19.2 Å². The van der Waals surface area contributed by atoms with Gasteiger partial charge in [-0.05, 0) is 94.6 Å². The summed E-state index contributed by atoms with van der Waals surface area (Å²) in [5.74, 6) is 0. The van der Waals surface area contributed by atoms with Gasteiger partial charge in [-0.3, -0.25) is 0 Å². The third-order valence-electron chi connectivity index (χ3n) is 7.12. The Kier molecular flexibility index (Phi) is 2.94. The van der Waals surface area contributed by atoms with Gasteiger partial charge in [-0.2, -0.15) is 0 Å². The van der Waals surface area contributed by atoms with E-state index in [1.54, 1.807) is 30.3 Å². The molecule has 0 N–H and O–H groups in total. The lowest BCUT2D eigenvalue weighted by atomic mass is 9.85. The second-order valence-electron chi connectivity index (χ2n) is 9.42. The van der Waals surface area contributed by atoms with E-state index < -0.39 is 60.4 Å². The van der Waals surface area contributed by atoms with Crippen molar-refractivity contribution in [2.45, 2.75) is 0 Å². The molecular formula is C40H26. The number of benzene rings is 8. The number of fused-ring (bicyclic) bond motifs is 4. The van der Waals surface area contributed by atoms with Crippen LogP contribution in [0, 0.1) is 0 Å². The first-order valence-corrected chi connectivity index (χ1v) is 12.7. The molecule has 0 amide bonds. The molecule has 0 unspecified atom stereocenters. The molecule has 0 fully saturated rings. The molecule has 8 rings (SSSR count).